The van der Waals surface area contributed by atoms with E-state index in [4.69, 9.17) is 15.3 Å². The molecule has 0 aliphatic carbocycles. The Kier molecular flexibility index (Phi) is 5.93. The van der Waals surface area contributed by atoms with Crippen LogP contribution in [-0.4, -0.2) is 40.8 Å². The zero-order valence-corrected chi connectivity index (χ0v) is 13.3. The number of nitrogens with zero attached hydrogens (tertiary/aromatic N) is 5. The highest BCUT2D eigenvalue weighted by molar-refractivity contribution is 5.95. The molecule has 0 N–H and O–H groups in total. The van der Waals surface area contributed by atoms with Crippen molar-refractivity contribution < 1.29 is 9.53 Å². The Morgan fingerprint density at radius 2 is 1.83 bits per heavy atom. The highest BCUT2D eigenvalue weighted by atomic mass is 16.5. The number of rotatable bonds is 7. The maximum absolute atomic E-state index is 12.7. The monoisotopic (exact) mass is 323 g/mol. The van der Waals surface area contributed by atoms with E-state index in [1.54, 1.807) is 10.9 Å². The molecule has 24 heavy (non-hydrogen) atoms. The van der Waals surface area contributed by atoms with E-state index in [9.17, 15) is 4.79 Å². The molecule has 0 aliphatic rings. The van der Waals surface area contributed by atoms with E-state index in [0.717, 1.165) is 5.69 Å². The van der Waals surface area contributed by atoms with Gasteiger partial charge in [-0.3, -0.25) is 4.79 Å². The average Bonchev–Trinajstić information content (AvgIpc) is 3.06. The normalized spacial score (nSPS) is 9.79. The minimum absolute atomic E-state index is 0.164. The van der Waals surface area contributed by atoms with Crippen LogP contribution < -0.4 is 4.74 Å². The maximum atomic E-state index is 12.7. The summed E-state index contributed by atoms with van der Waals surface area (Å²) in [5.41, 5.74) is 0.965. The van der Waals surface area contributed by atoms with Gasteiger partial charge in [0.1, 0.15) is 0 Å². The van der Waals surface area contributed by atoms with Crippen LogP contribution in [0.15, 0.2) is 36.5 Å². The van der Waals surface area contributed by atoms with Crippen molar-refractivity contribution in [2.75, 3.05) is 20.2 Å². The zero-order chi connectivity index (χ0) is 17.4. The molecule has 0 unspecified atom stereocenters. The summed E-state index contributed by atoms with van der Waals surface area (Å²) in [4.78, 5) is 14.2. The Bertz CT molecular complexity index is 753. The van der Waals surface area contributed by atoms with E-state index in [0.29, 0.717) is 5.75 Å². The third kappa shape index (κ3) is 3.90. The number of aromatic nitrogens is 2. The SMILES string of the molecule is COc1cn(-c2ccccc2)nc1C(=O)N(CCC#N)CCC#N. The van der Waals surface area contributed by atoms with Crippen molar-refractivity contribution in [3.8, 4) is 23.6 Å². The molecule has 1 aromatic carbocycles. The van der Waals surface area contributed by atoms with Gasteiger partial charge in [-0.2, -0.15) is 15.6 Å². The van der Waals surface area contributed by atoms with E-state index in [2.05, 4.69) is 5.10 Å². The topological polar surface area (TPSA) is 94.9 Å². The minimum atomic E-state index is -0.355. The summed E-state index contributed by atoms with van der Waals surface area (Å²) in [6.45, 7) is 0.497. The smallest absolute Gasteiger partial charge is 0.278 e. The van der Waals surface area contributed by atoms with Crippen molar-refractivity contribution in [3.63, 3.8) is 0 Å². The second-order valence-corrected chi connectivity index (χ2v) is 4.93. The number of benzene rings is 1. The molecule has 1 heterocycles. The van der Waals surface area contributed by atoms with E-state index >= 15 is 0 Å². The van der Waals surface area contributed by atoms with Gasteiger partial charge in [-0.1, -0.05) is 18.2 Å². The van der Waals surface area contributed by atoms with Crippen LogP contribution in [0.5, 0.6) is 5.75 Å². The van der Waals surface area contributed by atoms with Crippen molar-refractivity contribution >= 4 is 5.91 Å². The summed E-state index contributed by atoms with van der Waals surface area (Å²) in [5.74, 6) is -0.00482. The molecule has 2 rings (SSSR count). The lowest BCUT2D eigenvalue weighted by molar-refractivity contribution is 0.0753. The Hall–Kier alpha value is -3.32. The number of hydrogen-bond donors (Lipinski definition) is 0. The van der Waals surface area contributed by atoms with Gasteiger partial charge in [0.2, 0.25) is 0 Å². The highest BCUT2D eigenvalue weighted by Crippen LogP contribution is 2.21. The van der Waals surface area contributed by atoms with Crippen LogP contribution >= 0.6 is 0 Å². The minimum Gasteiger partial charge on any atom is -0.493 e. The number of amides is 1. The zero-order valence-electron chi connectivity index (χ0n) is 13.3. The van der Waals surface area contributed by atoms with Gasteiger partial charge in [0, 0.05) is 13.1 Å². The van der Waals surface area contributed by atoms with Gasteiger partial charge in [0.25, 0.3) is 5.91 Å². The number of hydrogen-bond acceptors (Lipinski definition) is 5. The van der Waals surface area contributed by atoms with E-state index in [1.807, 2.05) is 42.5 Å². The number of methoxy groups -OCH3 is 1. The molecule has 1 aromatic heterocycles. The Morgan fingerprint density at radius 1 is 1.21 bits per heavy atom. The predicted octanol–water partition coefficient (Wildman–Crippen LogP) is 2.15. The molecule has 7 heteroatoms. The van der Waals surface area contributed by atoms with Crippen molar-refractivity contribution in [1.29, 1.82) is 10.5 Å². The standard InChI is InChI=1S/C17H17N5O2/c1-24-15-13-22(14-7-3-2-4-8-14)20-16(15)17(23)21(11-5-9-18)12-6-10-19/h2-4,7-8,13H,5-6,11-12H2,1H3. The number of para-hydroxylation sites is 1. The first-order valence-corrected chi connectivity index (χ1v) is 7.43. The average molecular weight is 323 g/mol. The highest BCUT2D eigenvalue weighted by Gasteiger charge is 2.23. The van der Waals surface area contributed by atoms with Crippen LogP contribution in [0.3, 0.4) is 0 Å². The lowest BCUT2D eigenvalue weighted by Crippen LogP contribution is -2.33. The van der Waals surface area contributed by atoms with E-state index in [-0.39, 0.29) is 37.5 Å². The summed E-state index contributed by atoms with van der Waals surface area (Å²) in [6.07, 6.45) is 2.02. The van der Waals surface area contributed by atoms with Crippen LogP contribution in [0.4, 0.5) is 0 Å². The quantitative estimate of drug-likeness (QED) is 0.778. The summed E-state index contributed by atoms with van der Waals surface area (Å²) in [6, 6.07) is 13.4. The lowest BCUT2D eigenvalue weighted by Gasteiger charge is -2.19. The first-order chi connectivity index (χ1) is 11.7. The third-order valence-corrected chi connectivity index (χ3v) is 3.40. The fourth-order valence-electron chi connectivity index (χ4n) is 2.20. The summed E-state index contributed by atoms with van der Waals surface area (Å²) in [7, 11) is 1.47. The summed E-state index contributed by atoms with van der Waals surface area (Å²) in [5, 5.41) is 21.8. The van der Waals surface area contributed by atoms with E-state index < -0.39 is 0 Å². The van der Waals surface area contributed by atoms with Crippen LogP contribution in [0, 0.1) is 22.7 Å². The van der Waals surface area contributed by atoms with Gasteiger partial charge in [0.05, 0.1) is 44.0 Å². The van der Waals surface area contributed by atoms with Gasteiger partial charge in [0.15, 0.2) is 11.4 Å². The van der Waals surface area contributed by atoms with E-state index in [1.165, 1.54) is 12.0 Å². The van der Waals surface area contributed by atoms with Crippen molar-refractivity contribution in [2.45, 2.75) is 12.8 Å². The second kappa shape index (κ2) is 8.35. The van der Waals surface area contributed by atoms with Crippen molar-refractivity contribution in [1.82, 2.24) is 14.7 Å². The maximum Gasteiger partial charge on any atom is 0.278 e. The fourth-order valence-corrected chi connectivity index (χ4v) is 2.20. The lowest BCUT2D eigenvalue weighted by atomic mass is 10.3. The Labute approximate surface area is 140 Å². The van der Waals surface area contributed by atoms with Gasteiger partial charge in [-0.05, 0) is 12.1 Å². The number of ether oxygens (including phenoxy) is 1. The first kappa shape index (κ1) is 17.0. The third-order valence-electron chi connectivity index (χ3n) is 3.40. The predicted molar refractivity (Wildman–Crippen MR) is 86.5 cm³/mol. The summed E-state index contributed by atoms with van der Waals surface area (Å²) >= 11 is 0. The van der Waals surface area contributed by atoms with Crippen molar-refractivity contribution in [3.05, 3.63) is 42.2 Å². The Morgan fingerprint density at radius 3 is 2.38 bits per heavy atom. The van der Waals surface area contributed by atoms with Gasteiger partial charge in [-0.25, -0.2) is 4.68 Å². The molecule has 0 radical (unpaired) electrons. The molecule has 0 bridgehead atoms. The molecule has 0 saturated heterocycles. The molecule has 0 saturated carbocycles. The molecule has 0 spiro atoms. The molecule has 1 amide bonds. The molecular weight excluding hydrogens is 306 g/mol. The van der Waals surface area contributed by atoms with Crippen LogP contribution in [-0.2, 0) is 0 Å². The largest absolute Gasteiger partial charge is 0.493 e. The van der Waals surface area contributed by atoms with Crippen molar-refractivity contribution in [2.24, 2.45) is 0 Å². The van der Waals surface area contributed by atoms with Crippen LogP contribution in [0.2, 0.25) is 0 Å². The van der Waals surface area contributed by atoms with Crippen LogP contribution in [0.1, 0.15) is 23.3 Å². The molecular formula is C17H17N5O2. The number of carbonyl (C=O) groups excluding carboxylic acids is 1. The number of carbonyl (C=O) groups is 1. The molecule has 122 valence electrons. The van der Waals surface area contributed by atoms with Gasteiger partial charge in [-0.15, -0.1) is 0 Å². The second-order valence-electron chi connectivity index (χ2n) is 4.93. The molecule has 0 atom stereocenters. The molecule has 0 aliphatic heterocycles. The summed E-state index contributed by atoms with van der Waals surface area (Å²) < 4.78 is 6.84. The number of nitriles is 2. The van der Waals surface area contributed by atoms with Gasteiger partial charge < -0.3 is 9.64 Å². The fraction of sp³-hybridized carbons (Fsp3) is 0.294. The molecule has 2 aromatic rings. The van der Waals surface area contributed by atoms with Gasteiger partial charge >= 0.3 is 0 Å². The Balaban J connectivity index is 2.31. The first-order valence-electron chi connectivity index (χ1n) is 7.43. The molecule has 0 fully saturated rings. The molecule has 7 nitrogen and oxygen atoms in total. The van der Waals surface area contributed by atoms with Crippen LogP contribution in [0.25, 0.3) is 5.69 Å².